The predicted molar refractivity (Wildman–Crippen MR) is 138 cm³/mol. The topological polar surface area (TPSA) is 137 Å². The maximum Gasteiger partial charge on any atom is 0.330 e. The summed E-state index contributed by atoms with van der Waals surface area (Å²) in [7, 11) is 1.44. The molecule has 3 rings (SSSR count). The van der Waals surface area contributed by atoms with Gasteiger partial charge in [0.05, 0.1) is 19.6 Å². The van der Waals surface area contributed by atoms with Crippen LogP contribution in [0.1, 0.15) is 12.0 Å². The van der Waals surface area contributed by atoms with Crippen LogP contribution >= 0.6 is 11.8 Å². The summed E-state index contributed by atoms with van der Waals surface area (Å²) in [5.74, 6) is -0.906. The number of hydrogen-bond donors (Lipinski definition) is 2. The Bertz CT molecular complexity index is 1280. The Hall–Kier alpha value is -3.83. The monoisotopic (exact) mass is 512 g/mol. The second kappa shape index (κ2) is 13.3. The van der Waals surface area contributed by atoms with Crippen molar-refractivity contribution in [2.45, 2.75) is 17.9 Å². The molecule has 0 aliphatic carbocycles. The lowest BCUT2D eigenvalue weighted by Crippen LogP contribution is -2.44. The summed E-state index contributed by atoms with van der Waals surface area (Å²) in [6, 6.07) is 18.7. The molecule has 0 atom stereocenters. The van der Waals surface area contributed by atoms with Gasteiger partial charge >= 0.3 is 11.7 Å². The standard InChI is InChI=1S/C25H28N4O6S/c1-34-14-13-28(20(30)17-35-21(31)12-15-36-19-10-6-3-7-11-19)22-23(26)29(25(33)27-24(22)32)16-18-8-4-2-5-9-18/h2-11H,12-17,26H2,1H3,(H,27,32,33). The summed E-state index contributed by atoms with van der Waals surface area (Å²) in [5, 5.41) is 0. The fraction of sp³-hybridized carbons (Fsp3) is 0.280. The Balaban J connectivity index is 1.72. The van der Waals surface area contributed by atoms with Crippen LogP contribution in [0.4, 0.5) is 11.5 Å². The van der Waals surface area contributed by atoms with Crippen LogP contribution < -0.4 is 21.9 Å². The van der Waals surface area contributed by atoms with Crippen LogP contribution in [0, 0.1) is 0 Å². The van der Waals surface area contributed by atoms with Gasteiger partial charge in [-0.2, -0.15) is 0 Å². The van der Waals surface area contributed by atoms with Gasteiger partial charge < -0.3 is 15.2 Å². The van der Waals surface area contributed by atoms with Gasteiger partial charge in [0.1, 0.15) is 5.82 Å². The third-order valence-corrected chi connectivity index (χ3v) is 6.18. The molecule has 0 aliphatic rings. The van der Waals surface area contributed by atoms with Crippen molar-refractivity contribution in [2.24, 2.45) is 0 Å². The van der Waals surface area contributed by atoms with E-state index in [0.717, 1.165) is 15.4 Å². The summed E-state index contributed by atoms with van der Waals surface area (Å²) >= 11 is 1.50. The molecule has 1 amide bonds. The van der Waals surface area contributed by atoms with E-state index in [-0.39, 0.29) is 37.6 Å². The van der Waals surface area contributed by atoms with Crippen LogP contribution in [0.3, 0.4) is 0 Å². The quantitative estimate of drug-likeness (QED) is 0.277. The van der Waals surface area contributed by atoms with Crippen LogP contribution in [-0.2, 0) is 25.6 Å². The van der Waals surface area contributed by atoms with Crippen LogP contribution in [0.2, 0.25) is 0 Å². The molecule has 0 spiro atoms. The van der Waals surface area contributed by atoms with Crippen molar-refractivity contribution in [1.82, 2.24) is 9.55 Å². The van der Waals surface area contributed by atoms with Crippen molar-refractivity contribution < 1.29 is 19.1 Å². The third-order valence-electron chi connectivity index (χ3n) is 5.16. The molecular formula is C25H28N4O6S. The summed E-state index contributed by atoms with van der Waals surface area (Å²) in [5.41, 5.74) is 5.27. The highest BCUT2D eigenvalue weighted by molar-refractivity contribution is 7.99. The van der Waals surface area contributed by atoms with Gasteiger partial charge in [-0.15, -0.1) is 11.8 Å². The Kier molecular flexibility index (Phi) is 9.90. The van der Waals surface area contributed by atoms with Gasteiger partial charge in [0.25, 0.3) is 11.5 Å². The fourth-order valence-electron chi connectivity index (χ4n) is 3.37. The number of rotatable bonds is 12. The van der Waals surface area contributed by atoms with Crippen LogP contribution in [0.5, 0.6) is 0 Å². The number of carbonyl (C=O) groups excluding carboxylic acids is 2. The van der Waals surface area contributed by atoms with Gasteiger partial charge in [-0.05, 0) is 17.7 Å². The first-order valence-electron chi connectivity index (χ1n) is 11.2. The number of H-pyrrole nitrogens is 1. The second-order valence-corrected chi connectivity index (χ2v) is 8.84. The van der Waals surface area contributed by atoms with E-state index in [4.69, 9.17) is 15.2 Å². The van der Waals surface area contributed by atoms with E-state index in [9.17, 15) is 19.2 Å². The number of nitrogens with one attached hydrogen (secondary N) is 1. The van der Waals surface area contributed by atoms with E-state index in [1.807, 2.05) is 48.5 Å². The van der Waals surface area contributed by atoms with Crippen LogP contribution in [-0.4, -0.2) is 54.0 Å². The summed E-state index contributed by atoms with van der Waals surface area (Å²) < 4.78 is 11.4. The fourth-order valence-corrected chi connectivity index (χ4v) is 4.22. The maximum absolute atomic E-state index is 13.0. The van der Waals surface area contributed by atoms with E-state index < -0.39 is 29.7 Å². The number of aromatic nitrogens is 2. The van der Waals surface area contributed by atoms with E-state index in [0.29, 0.717) is 5.75 Å². The zero-order valence-electron chi connectivity index (χ0n) is 19.8. The molecular weight excluding hydrogens is 484 g/mol. The van der Waals surface area contributed by atoms with Crippen LogP contribution in [0.25, 0.3) is 0 Å². The largest absolute Gasteiger partial charge is 0.456 e. The van der Waals surface area contributed by atoms with E-state index in [2.05, 4.69) is 4.98 Å². The molecule has 3 N–H and O–H groups in total. The lowest BCUT2D eigenvalue weighted by molar-refractivity contribution is -0.147. The van der Waals surface area contributed by atoms with Crippen molar-refractivity contribution in [2.75, 3.05) is 43.3 Å². The van der Waals surface area contributed by atoms with Gasteiger partial charge in [-0.25, -0.2) is 4.79 Å². The van der Waals surface area contributed by atoms with Crippen LogP contribution in [0.15, 0.2) is 75.1 Å². The maximum atomic E-state index is 13.0. The summed E-state index contributed by atoms with van der Waals surface area (Å²) in [6.07, 6.45) is 0.107. The Labute approximate surface area is 212 Å². The minimum Gasteiger partial charge on any atom is -0.456 e. The smallest absolute Gasteiger partial charge is 0.330 e. The SMILES string of the molecule is COCCN(C(=O)COC(=O)CCSc1ccccc1)c1c(N)n(Cc2ccccc2)c(=O)[nH]c1=O. The molecule has 0 saturated heterocycles. The second-order valence-electron chi connectivity index (χ2n) is 7.68. The molecule has 36 heavy (non-hydrogen) atoms. The molecule has 3 aromatic rings. The zero-order valence-corrected chi connectivity index (χ0v) is 20.7. The lowest BCUT2D eigenvalue weighted by Gasteiger charge is -2.24. The number of methoxy groups -OCH3 is 1. The predicted octanol–water partition coefficient (Wildman–Crippen LogP) is 1.87. The average Bonchev–Trinajstić information content (AvgIpc) is 2.88. The summed E-state index contributed by atoms with van der Waals surface area (Å²) in [4.78, 5) is 54.7. The summed E-state index contributed by atoms with van der Waals surface area (Å²) in [6.45, 7) is -0.442. The van der Waals surface area contributed by atoms with Gasteiger partial charge in [0.2, 0.25) is 0 Å². The van der Waals surface area contributed by atoms with Gasteiger partial charge in [0.15, 0.2) is 12.3 Å². The number of nitrogen functional groups attached to an aromatic ring is 1. The zero-order chi connectivity index (χ0) is 25.9. The van der Waals surface area contributed by atoms with Gasteiger partial charge in [0, 0.05) is 24.3 Å². The number of thioether (sulfide) groups is 1. The molecule has 0 unspecified atom stereocenters. The number of aromatic amines is 1. The molecule has 1 aromatic heterocycles. The molecule has 0 saturated carbocycles. The molecule has 10 nitrogen and oxygen atoms in total. The number of ether oxygens (including phenoxy) is 2. The molecule has 0 aliphatic heterocycles. The normalized spacial score (nSPS) is 10.7. The number of benzene rings is 2. The molecule has 0 radical (unpaired) electrons. The number of hydrogen-bond acceptors (Lipinski definition) is 8. The number of carbonyl (C=O) groups is 2. The lowest BCUT2D eigenvalue weighted by atomic mass is 10.2. The minimum atomic E-state index is -0.822. The molecule has 11 heteroatoms. The number of nitrogens with two attached hydrogens (primary N) is 1. The van der Waals surface area contributed by atoms with Crippen molar-refractivity contribution in [3.63, 3.8) is 0 Å². The first-order chi connectivity index (χ1) is 17.4. The highest BCUT2D eigenvalue weighted by Gasteiger charge is 2.25. The van der Waals surface area contributed by atoms with Crippen molar-refractivity contribution in [3.8, 4) is 0 Å². The number of esters is 1. The van der Waals surface area contributed by atoms with Gasteiger partial charge in [-0.1, -0.05) is 48.5 Å². The molecule has 0 bridgehead atoms. The molecule has 1 heterocycles. The Morgan fingerprint density at radius 1 is 1.06 bits per heavy atom. The molecule has 0 fully saturated rings. The number of amides is 1. The van der Waals surface area contributed by atoms with E-state index in [1.165, 1.54) is 23.4 Å². The molecule has 190 valence electrons. The Morgan fingerprint density at radius 2 is 1.72 bits per heavy atom. The van der Waals surface area contributed by atoms with E-state index in [1.54, 1.807) is 12.1 Å². The molecule has 2 aromatic carbocycles. The minimum absolute atomic E-state index is 0.0342. The third kappa shape index (κ3) is 7.33. The van der Waals surface area contributed by atoms with E-state index >= 15 is 0 Å². The van der Waals surface area contributed by atoms with Gasteiger partial charge in [-0.3, -0.25) is 28.8 Å². The number of anilines is 2. The average molecular weight is 513 g/mol. The highest BCUT2D eigenvalue weighted by Crippen LogP contribution is 2.19. The first kappa shape index (κ1) is 26.8. The Morgan fingerprint density at radius 3 is 2.39 bits per heavy atom. The van der Waals surface area contributed by atoms with Crippen molar-refractivity contribution in [1.29, 1.82) is 0 Å². The van der Waals surface area contributed by atoms with Crippen molar-refractivity contribution in [3.05, 3.63) is 87.1 Å². The van der Waals surface area contributed by atoms with Crippen molar-refractivity contribution >= 4 is 35.1 Å². The first-order valence-corrected chi connectivity index (χ1v) is 12.2. The highest BCUT2D eigenvalue weighted by atomic mass is 32.2. The number of nitrogens with zero attached hydrogens (tertiary/aromatic N) is 2.